The third-order valence-electron chi connectivity index (χ3n) is 6.58. The second kappa shape index (κ2) is 3.96. The van der Waals surface area contributed by atoms with Gasteiger partial charge in [-0.3, -0.25) is 14.5 Å². The number of carbonyl (C=O) groups excluding carboxylic acids is 2. The zero-order valence-corrected chi connectivity index (χ0v) is 12.7. The molecule has 1 spiro atoms. The molecule has 1 aliphatic heterocycles. The van der Waals surface area contributed by atoms with E-state index in [1.165, 1.54) is 24.3 Å². The minimum absolute atomic E-state index is 0.00461. The molecule has 0 radical (unpaired) electrons. The number of urea groups is 1. The van der Waals surface area contributed by atoms with Gasteiger partial charge < -0.3 is 10.4 Å². The van der Waals surface area contributed by atoms with Gasteiger partial charge in [0.05, 0.1) is 12.0 Å². The number of carboxylic acid groups (broad SMARTS) is 1. The molecule has 4 aliphatic carbocycles. The van der Waals surface area contributed by atoms with Gasteiger partial charge in [-0.25, -0.2) is 9.18 Å². The highest BCUT2D eigenvalue weighted by Gasteiger charge is 2.91. The number of rotatable bonds is 3. The molecule has 4 bridgehead atoms. The molecule has 24 heavy (non-hydrogen) atoms. The van der Waals surface area contributed by atoms with Crippen LogP contribution in [0.2, 0.25) is 0 Å². The number of amides is 3. The summed E-state index contributed by atoms with van der Waals surface area (Å²) in [6.45, 7) is 0.0663. The highest BCUT2D eigenvalue weighted by Crippen LogP contribution is 2.83. The number of halogens is 1. The van der Waals surface area contributed by atoms with Crippen molar-refractivity contribution in [2.24, 2.45) is 23.2 Å². The first kappa shape index (κ1) is 13.9. The summed E-state index contributed by atoms with van der Waals surface area (Å²) in [7, 11) is 0. The molecule has 1 aromatic rings. The van der Waals surface area contributed by atoms with Crippen molar-refractivity contribution in [1.29, 1.82) is 0 Å². The summed E-state index contributed by atoms with van der Waals surface area (Å²) < 4.78 is 13.0. The fourth-order valence-electron chi connectivity index (χ4n) is 5.66. The molecule has 3 amide bonds. The van der Waals surface area contributed by atoms with Crippen LogP contribution < -0.4 is 5.32 Å². The van der Waals surface area contributed by atoms with Crippen LogP contribution in [-0.4, -0.2) is 33.5 Å². The van der Waals surface area contributed by atoms with Crippen LogP contribution in [0, 0.1) is 29.0 Å². The number of hydrogen-bond donors (Lipinski definition) is 2. The van der Waals surface area contributed by atoms with E-state index in [2.05, 4.69) is 5.32 Å². The lowest BCUT2D eigenvalue weighted by molar-refractivity contribution is -0.143. The molecule has 6 nitrogen and oxygen atoms in total. The summed E-state index contributed by atoms with van der Waals surface area (Å²) in [5, 5.41) is 12.4. The van der Waals surface area contributed by atoms with Gasteiger partial charge >= 0.3 is 12.0 Å². The SMILES string of the molecule is O=C1NC2(C(=O)N1Cc1ccc(F)cc1)[C@@H]1C[C@H]3[C@H]2[C@]3(C(=O)O)C1. The zero-order valence-electron chi connectivity index (χ0n) is 12.7. The highest BCUT2D eigenvalue weighted by molar-refractivity contribution is 6.09. The standard InChI is InChI=1S/C17H15FN2O4/c18-10-3-1-8(2-4-10)7-20-13(21)17(19-15(20)24)9-5-11-12(17)16(11,6-9)14(22)23/h1-4,9,11-12H,5-7H2,(H,19,24)(H,22,23)/t9-,11+,12+,16+,17?/m1/s1. The summed E-state index contributed by atoms with van der Waals surface area (Å²) in [5.41, 5.74) is -1.21. The Morgan fingerprint density at radius 3 is 2.62 bits per heavy atom. The largest absolute Gasteiger partial charge is 0.481 e. The Labute approximate surface area is 136 Å². The van der Waals surface area contributed by atoms with E-state index in [4.69, 9.17) is 0 Å². The molecule has 4 saturated carbocycles. The molecular formula is C17H15FN2O4. The number of benzene rings is 1. The Morgan fingerprint density at radius 1 is 1.33 bits per heavy atom. The molecule has 6 rings (SSSR count). The molecule has 1 aromatic carbocycles. The predicted molar refractivity (Wildman–Crippen MR) is 78.0 cm³/mol. The Morgan fingerprint density at radius 2 is 2.04 bits per heavy atom. The second-order valence-electron chi connectivity index (χ2n) is 7.38. The normalized spacial score (nSPS) is 41.2. The van der Waals surface area contributed by atoms with Crippen LogP contribution in [0.4, 0.5) is 9.18 Å². The molecule has 5 aliphatic rings. The van der Waals surface area contributed by atoms with Crippen molar-refractivity contribution in [3.05, 3.63) is 35.6 Å². The van der Waals surface area contributed by atoms with Gasteiger partial charge in [0.25, 0.3) is 5.91 Å². The summed E-state index contributed by atoms with van der Waals surface area (Å²) in [4.78, 5) is 38.2. The van der Waals surface area contributed by atoms with E-state index in [-0.39, 0.29) is 36.0 Å². The Hall–Kier alpha value is -2.44. The Balaban J connectivity index is 1.46. The monoisotopic (exact) mass is 330 g/mol. The maximum absolute atomic E-state index is 13.0. The summed E-state index contributed by atoms with van der Waals surface area (Å²) in [6.07, 6.45) is 1.15. The molecule has 124 valence electrons. The first-order valence-electron chi connectivity index (χ1n) is 8.03. The number of carbonyl (C=O) groups is 3. The van der Waals surface area contributed by atoms with E-state index in [0.29, 0.717) is 18.4 Å². The van der Waals surface area contributed by atoms with Crippen molar-refractivity contribution < 1.29 is 23.9 Å². The van der Waals surface area contributed by atoms with Gasteiger partial charge in [-0.05, 0) is 42.4 Å². The van der Waals surface area contributed by atoms with E-state index in [1.807, 2.05) is 0 Å². The van der Waals surface area contributed by atoms with Crippen molar-refractivity contribution >= 4 is 17.9 Å². The molecule has 1 saturated heterocycles. The van der Waals surface area contributed by atoms with Crippen LogP contribution in [0.1, 0.15) is 18.4 Å². The number of nitrogens with one attached hydrogen (secondary N) is 1. The first-order valence-corrected chi connectivity index (χ1v) is 8.03. The van der Waals surface area contributed by atoms with Crippen molar-refractivity contribution in [1.82, 2.24) is 10.2 Å². The van der Waals surface area contributed by atoms with E-state index in [9.17, 15) is 23.9 Å². The third kappa shape index (κ3) is 1.32. The molecule has 2 N–H and O–H groups in total. The van der Waals surface area contributed by atoms with Crippen molar-refractivity contribution in [3.8, 4) is 0 Å². The number of nitrogens with zero attached hydrogens (tertiary/aromatic N) is 1. The zero-order chi connectivity index (χ0) is 16.9. The second-order valence-corrected chi connectivity index (χ2v) is 7.38. The lowest BCUT2D eigenvalue weighted by Crippen LogP contribution is -2.50. The Bertz CT molecular complexity index is 809. The molecule has 7 heteroatoms. The molecule has 0 aromatic heterocycles. The van der Waals surface area contributed by atoms with Gasteiger partial charge in [0.2, 0.25) is 0 Å². The minimum Gasteiger partial charge on any atom is -0.481 e. The topological polar surface area (TPSA) is 86.7 Å². The summed E-state index contributed by atoms with van der Waals surface area (Å²) >= 11 is 0. The molecule has 1 heterocycles. The molecule has 5 atom stereocenters. The number of imide groups is 1. The van der Waals surface area contributed by atoms with Crippen LogP contribution in [0.15, 0.2) is 24.3 Å². The molecular weight excluding hydrogens is 315 g/mol. The number of hydrogen-bond acceptors (Lipinski definition) is 3. The lowest BCUT2D eigenvalue weighted by atomic mass is 9.88. The molecule has 5 fully saturated rings. The summed E-state index contributed by atoms with van der Waals surface area (Å²) in [5.74, 6) is -1.95. The highest BCUT2D eigenvalue weighted by atomic mass is 19.1. The van der Waals surface area contributed by atoms with E-state index in [1.54, 1.807) is 0 Å². The van der Waals surface area contributed by atoms with Gasteiger partial charge in [0, 0.05) is 5.92 Å². The van der Waals surface area contributed by atoms with Crippen LogP contribution in [0.3, 0.4) is 0 Å². The number of carboxylic acids is 1. The van der Waals surface area contributed by atoms with Crippen LogP contribution in [0.5, 0.6) is 0 Å². The number of aliphatic carboxylic acids is 1. The van der Waals surface area contributed by atoms with Crippen molar-refractivity contribution in [3.63, 3.8) is 0 Å². The minimum atomic E-state index is -1.04. The quantitative estimate of drug-likeness (QED) is 0.819. The van der Waals surface area contributed by atoms with E-state index < -0.39 is 23.0 Å². The van der Waals surface area contributed by atoms with Crippen LogP contribution in [-0.2, 0) is 16.1 Å². The van der Waals surface area contributed by atoms with Crippen LogP contribution >= 0.6 is 0 Å². The third-order valence-corrected chi connectivity index (χ3v) is 6.58. The van der Waals surface area contributed by atoms with Crippen molar-refractivity contribution in [2.45, 2.75) is 24.9 Å². The maximum atomic E-state index is 13.0. The fourth-order valence-corrected chi connectivity index (χ4v) is 5.66. The fraction of sp³-hybridized carbons (Fsp3) is 0.471. The maximum Gasteiger partial charge on any atom is 0.325 e. The van der Waals surface area contributed by atoms with Gasteiger partial charge in [-0.1, -0.05) is 12.1 Å². The smallest absolute Gasteiger partial charge is 0.325 e. The summed E-state index contributed by atoms with van der Waals surface area (Å²) in [6, 6.07) is 5.16. The van der Waals surface area contributed by atoms with Gasteiger partial charge in [0.1, 0.15) is 11.4 Å². The van der Waals surface area contributed by atoms with E-state index >= 15 is 0 Å². The average molecular weight is 330 g/mol. The van der Waals surface area contributed by atoms with Gasteiger partial charge in [0.15, 0.2) is 0 Å². The molecule has 1 unspecified atom stereocenters. The Kier molecular flexibility index (Phi) is 2.30. The first-order chi connectivity index (χ1) is 11.4. The van der Waals surface area contributed by atoms with Crippen LogP contribution in [0.25, 0.3) is 0 Å². The van der Waals surface area contributed by atoms with Gasteiger partial charge in [-0.2, -0.15) is 0 Å². The van der Waals surface area contributed by atoms with Crippen molar-refractivity contribution in [2.75, 3.05) is 0 Å². The van der Waals surface area contributed by atoms with E-state index in [0.717, 1.165) is 4.90 Å². The average Bonchev–Trinajstić information content (AvgIpc) is 2.88. The van der Waals surface area contributed by atoms with Gasteiger partial charge in [-0.15, -0.1) is 0 Å². The predicted octanol–water partition coefficient (Wildman–Crippen LogP) is 1.36. The lowest BCUT2D eigenvalue weighted by Gasteiger charge is -2.25.